The molecule has 0 bridgehead atoms. The number of ether oxygens (including phenoxy) is 2. The molecule has 0 aliphatic rings. The number of halogens is 1. The second-order valence-corrected chi connectivity index (χ2v) is 9.47. The first-order valence-electron chi connectivity index (χ1n) is 10.1. The minimum absolute atomic E-state index is 0.117. The Bertz CT molecular complexity index is 1230. The van der Waals surface area contributed by atoms with Crippen LogP contribution in [0.4, 0.5) is 5.69 Å². The van der Waals surface area contributed by atoms with Gasteiger partial charge in [-0.1, -0.05) is 48.0 Å². The molecule has 0 heterocycles. The van der Waals surface area contributed by atoms with Gasteiger partial charge in [-0.05, 0) is 54.8 Å². The summed E-state index contributed by atoms with van der Waals surface area (Å²) in [4.78, 5) is 13.1. The Balaban J connectivity index is 1.96. The summed E-state index contributed by atoms with van der Waals surface area (Å²) in [5.74, 6) is 0.0465. The van der Waals surface area contributed by atoms with Crippen LogP contribution in [0.3, 0.4) is 0 Å². The number of hydrogen-bond acceptors (Lipinski definition) is 5. The van der Waals surface area contributed by atoms with Gasteiger partial charge in [0.2, 0.25) is 15.9 Å². The van der Waals surface area contributed by atoms with Crippen molar-refractivity contribution in [1.82, 2.24) is 4.72 Å². The van der Waals surface area contributed by atoms with E-state index in [1.165, 1.54) is 32.4 Å². The van der Waals surface area contributed by atoms with Crippen LogP contribution in [-0.2, 0) is 21.2 Å². The van der Waals surface area contributed by atoms with Crippen molar-refractivity contribution in [2.45, 2.75) is 24.3 Å². The molecule has 174 valence electrons. The van der Waals surface area contributed by atoms with Crippen LogP contribution in [0, 0.1) is 6.92 Å². The molecule has 1 amide bonds. The molecule has 0 aliphatic carbocycles. The summed E-state index contributed by atoms with van der Waals surface area (Å²) in [5.41, 5.74) is 2.14. The summed E-state index contributed by atoms with van der Waals surface area (Å²) < 4.78 is 39.5. The maximum absolute atomic E-state index is 13.3. The number of carbonyl (C=O) groups is 1. The number of benzene rings is 3. The standard InChI is InChI=1S/C24H25ClN2O5S/c1-16-9-11-21(31-2)19(13-16)26-24(28)20(14-17-7-5-4-6-8-17)27-33(29,30)23-15-18(25)10-12-22(23)32-3/h4-13,15,20,27H,14H2,1-3H3,(H,26,28). The van der Waals surface area contributed by atoms with Gasteiger partial charge in [-0.15, -0.1) is 0 Å². The molecule has 0 saturated carbocycles. The minimum Gasteiger partial charge on any atom is -0.495 e. The van der Waals surface area contributed by atoms with Crippen molar-refractivity contribution in [3.05, 3.63) is 82.9 Å². The highest BCUT2D eigenvalue weighted by atomic mass is 35.5. The summed E-state index contributed by atoms with van der Waals surface area (Å²) >= 11 is 6.02. The van der Waals surface area contributed by atoms with Crippen LogP contribution in [0.25, 0.3) is 0 Å². The Morgan fingerprint density at radius 3 is 2.30 bits per heavy atom. The van der Waals surface area contributed by atoms with Gasteiger partial charge in [-0.3, -0.25) is 4.79 Å². The molecule has 9 heteroatoms. The average molecular weight is 489 g/mol. The zero-order valence-electron chi connectivity index (χ0n) is 18.5. The van der Waals surface area contributed by atoms with Gasteiger partial charge >= 0.3 is 0 Å². The third-order valence-corrected chi connectivity index (χ3v) is 6.65. The maximum Gasteiger partial charge on any atom is 0.245 e. The predicted molar refractivity (Wildman–Crippen MR) is 129 cm³/mol. The highest BCUT2D eigenvalue weighted by Gasteiger charge is 2.29. The lowest BCUT2D eigenvalue weighted by Gasteiger charge is -2.20. The van der Waals surface area contributed by atoms with Crippen molar-refractivity contribution >= 4 is 33.2 Å². The first-order chi connectivity index (χ1) is 15.7. The summed E-state index contributed by atoms with van der Waals surface area (Å²) in [6.45, 7) is 1.88. The van der Waals surface area contributed by atoms with E-state index >= 15 is 0 Å². The highest BCUT2D eigenvalue weighted by Crippen LogP contribution is 2.28. The van der Waals surface area contributed by atoms with Crippen molar-refractivity contribution in [2.24, 2.45) is 0 Å². The lowest BCUT2D eigenvalue weighted by atomic mass is 10.1. The van der Waals surface area contributed by atoms with E-state index in [1.807, 2.05) is 43.3 Å². The fourth-order valence-electron chi connectivity index (χ4n) is 3.29. The fraction of sp³-hybridized carbons (Fsp3) is 0.208. The van der Waals surface area contributed by atoms with Crippen LogP contribution in [0.5, 0.6) is 11.5 Å². The lowest BCUT2D eigenvalue weighted by molar-refractivity contribution is -0.117. The van der Waals surface area contributed by atoms with Crippen molar-refractivity contribution in [1.29, 1.82) is 0 Å². The number of nitrogens with one attached hydrogen (secondary N) is 2. The largest absolute Gasteiger partial charge is 0.495 e. The van der Waals surface area contributed by atoms with Crippen LogP contribution in [0.2, 0.25) is 5.02 Å². The predicted octanol–water partition coefficient (Wildman–Crippen LogP) is 4.19. The molecular formula is C24H25ClN2O5S. The molecule has 3 aromatic rings. The second-order valence-electron chi connectivity index (χ2n) is 7.35. The Morgan fingerprint density at radius 2 is 1.64 bits per heavy atom. The molecule has 0 aromatic heterocycles. The Morgan fingerprint density at radius 1 is 0.970 bits per heavy atom. The maximum atomic E-state index is 13.3. The summed E-state index contributed by atoms with van der Waals surface area (Å²) in [5, 5.41) is 3.02. The van der Waals surface area contributed by atoms with Gasteiger partial charge in [0.05, 0.1) is 19.9 Å². The Labute approximate surface area is 198 Å². The van der Waals surface area contributed by atoms with Gasteiger partial charge in [-0.25, -0.2) is 8.42 Å². The van der Waals surface area contributed by atoms with E-state index in [-0.39, 0.29) is 22.1 Å². The Kier molecular flexibility index (Phi) is 7.97. The molecule has 33 heavy (non-hydrogen) atoms. The minimum atomic E-state index is -4.16. The van der Waals surface area contributed by atoms with E-state index in [2.05, 4.69) is 10.0 Å². The SMILES string of the molecule is COc1ccc(C)cc1NC(=O)C(Cc1ccccc1)NS(=O)(=O)c1cc(Cl)ccc1OC. The molecule has 7 nitrogen and oxygen atoms in total. The van der Waals surface area contributed by atoms with Crippen LogP contribution in [-0.4, -0.2) is 34.6 Å². The zero-order chi connectivity index (χ0) is 24.0. The number of anilines is 1. The first-order valence-corrected chi connectivity index (χ1v) is 11.9. The topological polar surface area (TPSA) is 93.7 Å². The molecule has 0 spiro atoms. The van der Waals surface area contributed by atoms with Crippen LogP contribution >= 0.6 is 11.6 Å². The third kappa shape index (κ3) is 6.25. The zero-order valence-corrected chi connectivity index (χ0v) is 20.0. The van der Waals surface area contributed by atoms with Gasteiger partial charge in [0.25, 0.3) is 0 Å². The van der Waals surface area contributed by atoms with E-state index < -0.39 is 22.0 Å². The molecule has 3 rings (SSSR count). The molecule has 0 saturated heterocycles. The van der Waals surface area contributed by atoms with Crippen LogP contribution in [0.15, 0.2) is 71.6 Å². The number of amides is 1. The highest BCUT2D eigenvalue weighted by molar-refractivity contribution is 7.89. The fourth-order valence-corrected chi connectivity index (χ4v) is 4.92. The van der Waals surface area contributed by atoms with E-state index in [0.29, 0.717) is 11.4 Å². The van der Waals surface area contributed by atoms with Crippen molar-refractivity contribution < 1.29 is 22.7 Å². The van der Waals surface area contributed by atoms with Gasteiger partial charge < -0.3 is 14.8 Å². The Hall–Kier alpha value is -3.07. The summed E-state index contributed by atoms with van der Waals surface area (Å²) in [6.07, 6.45) is 0.128. The van der Waals surface area contributed by atoms with Crippen LogP contribution in [0.1, 0.15) is 11.1 Å². The molecule has 1 unspecified atom stereocenters. The van der Waals surface area contributed by atoms with E-state index in [9.17, 15) is 13.2 Å². The van der Waals surface area contributed by atoms with Gasteiger partial charge in [0.15, 0.2) is 0 Å². The van der Waals surface area contributed by atoms with Gasteiger partial charge in [0.1, 0.15) is 22.4 Å². The summed E-state index contributed by atoms with van der Waals surface area (Å²) in [6, 6.07) is 17.6. The van der Waals surface area contributed by atoms with Crippen molar-refractivity contribution in [3.8, 4) is 11.5 Å². The number of carbonyl (C=O) groups excluding carboxylic acids is 1. The molecule has 0 fully saturated rings. The van der Waals surface area contributed by atoms with Crippen LogP contribution < -0.4 is 19.5 Å². The average Bonchev–Trinajstić information content (AvgIpc) is 2.79. The number of sulfonamides is 1. The molecule has 1 atom stereocenters. The first kappa shape index (κ1) is 24.6. The third-order valence-electron chi connectivity index (χ3n) is 4.92. The van der Waals surface area contributed by atoms with Gasteiger partial charge in [0, 0.05) is 5.02 Å². The number of methoxy groups -OCH3 is 2. The molecule has 2 N–H and O–H groups in total. The molecule has 3 aromatic carbocycles. The second kappa shape index (κ2) is 10.7. The smallest absolute Gasteiger partial charge is 0.245 e. The van der Waals surface area contributed by atoms with E-state index in [0.717, 1.165) is 11.1 Å². The molecule has 0 aliphatic heterocycles. The molecular weight excluding hydrogens is 464 g/mol. The summed E-state index contributed by atoms with van der Waals surface area (Å²) in [7, 11) is -1.30. The quantitative estimate of drug-likeness (QED) is 0.471. The lowest BCUT2D eigenvalue weighted by Crippen LogP contribution is -2.45. The normalized spacial score (nSPS) is 12.1. The number of aryl methyl sites for hydroxylation is 1. The number of hydrogen-bond donors (Lipinski definition) is 2. The van der Waals surface area contributed by atoms with Crippen molar-refractivity contribution in [3.63, 3.8) is 0 Å². The monoisotopic (exact) mass is 488 g/mol. The van der Waals surface area contributed by atoms with E-state index in [1.54, 1.807) is 12.1 Å². The number of rotatable bonds is 9. The molecule has 0 radical (unpaired) electrons. The van der Waals surface area contributed by atoms with E-state index in [4.69, 9.17) is 21.1 Å². The van der Waals surface area contributed by atoms with Gasteiger partial charge in [-0.2, -0.15) is 4.72 Å². The van der Waals surface area contributed by atoms with Crippen molar-refractivity contribution in [2.75, 3.05) is 19.5 Å².